The number of rotatable bonds is 16. The van der Waals surface area contributed by atoms with Gasteiger partial charge in [0.15, 0.2) is 0 Å². The zero-order valence-electron chi connectivity index (χ0n) is 22.6. The van der Waals surface area contributed by atoms with E-state index in [4.69, 9.17) is 4.43 Å². The first-order valence-corrected chi connectivity index (χ1v) is 15.6. The Labute approximate surface area is 211 Å². The van der Waals surface area contributed by atoms with Crippen LogP contribution in [-0.2, 0) is 4.43 Å². The molecule has 0 spiro atoms. The van der Waals surface area contributed by atoms with Crippen LogP contribution in [0.3, 0.4) is 0 Å². The van der Waals surface area contributed by atoms with Gasteiger partial charge in [0, 0.05) is 6.61 Å². The van der Waals surface area contributed by atoms with Crippen molar-refractivity contribution in [3.63, 3.8) is 0 Å². The van der Waals surface area contributed by atoms with Gasteiger partial charge in [0.1, 0.15) is 0 Å². The Bertz CT molecular complexity index is 728. The first-order chi connectivity index (χ1) is 16.3. The molecule has 1 atom stereocenters. The van der Waals surface area contributed by atoms with Gasteiger partial charge in [-0.15, -0.1) is 0 Å². The third-order valence-corrected chi connectivity index (χ3v) is 12.0. The van der Waals surface area contributed by atoms with Crippen LogP contribution in [0.1, 0.15) is 98.8 Å². The monoisotopic (exact) mass is 482 g/mol. The molecule has 1 unspecified atom stereocenters. The van der Waals surface area contributed by atoms with Crippen molar-refractivity contribution in [1.82, 2.24) is 0 Å². The van der Waals surface area contributed by atoms with E-state index in [9.17, 15) is 5.11 Å². The largest absolute Gasteiger partial charge is 0.407 e. The van der Waals surface area contributed by atoms with Gasteiger partial charge in [-0.25, -0.2) is 0 Å². The van der Waals surface area contributed by atoms with Crippen LogP contribution in [0.4, 0.5) is 0 Å². The smallest absolute Gasteiger partial charge is 0.261 e. The molecule has 0 saturated heterocycles. The minimum atomic E-state index is -2.39. The summed E-state index contributed by atoms with van der Waals surface area (Å²) in [7, 11) is -2.39. The minimum absolute atomic E-state index is 0.0473. The molecule has 2 aromatic rings. The number of aliphatic hydroxyl groups excluding tert-OH is 1. The van der Waals surface area contributed by atoms with Crippen LogP contribution < -0.4 is 10.4 Å². The lowest BCUT2D eigenvalue weighted by Crippen LogP contribution is -2.66. The Morgan fingerprint density at radius 3 is 1.65 bits per heavy atom. The van der Waals surface area contributed by atoms with Crippen LogP contribution in [0.5, 0.6) is 0 Å². The van der Waals surface area contributed by atoms with Crippen molar-refractivity contribution in [2.75, 3.05) is 6.61 Å². The normalized spacial score (nSPS) is 13.4. The van der Waals surface area contributed by atoms with Crippen LogP contribution in [0.25, 0.3) is 0 Å². The average Bonchev–Trinajstić information content (AvgIpc) is 2.80. The topological polar surface area (TPSA) is 29.5 Å². The number of hydrogen-bond donors (Lipinski definition) is 1. The van der Waals surface area contributed by atoms with E-state index in [-0.39, 0.29) is 11.1 Å². The molecular formula is C31H50O2Si. The summed E-state index contributed by atoms with van der Waals surface area (Å²) in [6.45, 7) is 12.4. The van der Waals surface area contributed by atoms with Gasteiger partial charge in [-0.3, -0.25) is 0 Å². The van der Waals surface area contributed by atoms with Gasteiger partial charge in [0.2, 0.25) is 0 Å². The van der Waals surface area contributed by atoms with Crippen molar-refractivity contribution >= 4 is 18.7 Å². The van der Waals surface area contributed by atoms with Gasteiger partial charge in [0.25, 0.3) is 8.32 Å². The van der Waals surface area contributed by atoms with E-state index in [0.29, 0.717) is 0 Å². The van der Waals surface area contributed by atoms with E-state index in [2.05, 4.69) is 95.3 Å². The molecule has 0 aliphatic rings. The predicted molar refractivity (Wildman–Crippen MR) is 151 cm³/mol. The molecule has 2 aromatic carbocycles. The lowest BCUT2D eigenvalue weighted by Gasteiger charge is -2.43. The predicted octanol–water partition coefficient (Wildman–Crippen LogP) is 7.48. The molecule has 0 radical (unpaired) electrons. The molecule has 0 aliphatic heterocycles. The molecule has 2 nitrogen and oxygen atoms in total. The molecule has 0 aromatic heterocycles. The number of unbranched alkanes of at least 4 members (excludes halogenated alkanes) is 5. The maximum absolute atomic E-state index is 10.2. The average molecular weight is 483 g/mol. The maximum Gasteiger partial charge on any atom is 0.261 e. The summed E-state index contributed by atoms with van der Waals surface area (Å²) in [5.41, 5.74) is 0. The third kappa shape index (κ3) is 8.98. The molecule has 0 amide bonds. The van der Waals surface area contributed by atoms with Gasteiger partial charge in [0.05, 0.1) is 6.10 Å². The van der Waals surface area contributed by atoms with Crippen molar-refractivity contribution in [2.45, 2.75) is 110 Å². The second kappa shape index (κ2) is 14.9. The Morgan fingerprint density at radius 2 is 1.15 bits per heavy atom. The Balaban J connectivity index is 1.80. The fraction of sp³-hybridized carbons (Fsp3) is 0.613. The van der Waals surface area contributed by atoms with Crippen molar-refractivity contribution in [3.05, 3.63) is 60.7 Å². The molecule has 1 N–H and O–H groups in total. The molecule has 0 fully saturated rings. The van der Waals surface area contributed by atoms with Crippen LogP contribution >= 0.6 is 0 Å². The molecule has 0 aliphatic carbocycles. The number of hydrogen-bond acceptors (Lipinski definition) is 2. The van der Waals surface area contributed by atoms with E-state index in [1.165, 1.54) is 42.5 Å². The van der Waals surface area contributed by atoms with Crippen molar-refractivity contribution in [1.29, 1.82) is 0 Å². The SMILES string of the molecule is CC(C)CCCC(O)CCCCCCCCO[Si](c1ccccc1)(c1ccccc1)C(C)(C)C. The Kier molecular flexibility index (Phi) is 12.6. The quantitative estimate of drug-likeness (QED) is 0.198. The van der Waals surface area contributed by atoms with E-state index < -0.39 is 8.32 Å². The molecular weight excluding hydrogens is 432 g/mol. The van der Waals surface area contributed by atoms with E-state index in [1.807, 2.05) is 0 Å². The number of benzene rings is 2. The fourth-order valence-corrected chi connectivity index (χ4v) is 9.69. The summed E-state index contributed by atoms with van der Waals surface area (Å²) in [4.78, 5) is 0. The summed E-state index contributed by atoms with van der Waals surface area (Å²) in [5.74, 6) is 0.743. The maximum atomic E-state index is 10.2. The second-order valence-electron chi connectivity index (χ2n) is 11.4. The first kappa shape index (κ1) is 28.8. The highest BCUT2D eigenvalue weighted by atomic mass is 28.4. The number of aliphatic hydroxyl groups is 1. The second-order valence-corrected chi connectivity index (χ2v) is 15.7. The molecule has 190 valence electrons. The van der Waals surface area contributed by atoms with E-state index >= 15 is 0 Å². The molecule has 3 heteroatoms. The first-order valence-electron chi connectivity index (χ1n) is 13.7. The van der Waals surface area contributed by atoms with Crippen molar-refractivity contribution in [3.8, 4) is 0 Å². The fourth-order valence-electron chi connectivity index (χ4n) is 5.08. The molecule has 0 bridgehead atoms. The Hall–Kier alpha value is -1.42. The summed E-state index contributed by atoms with van der Waals surface area (Å²) in [6.07, 6.45) is 11.5. The summed E-state index contributed by atoms with van der Waals surface area (Å²) in [6, 6.07) is 21.9. The zero-order valence-corrected chi connectivity index (χ0v) is 23.6. The van der Waals surface area contributed by atoms with Crippen LogP contribution in [-0.4, -0.2) is 26.1 Å². The van der Waals surface area contributed by atoms with E-state index in [0.717, 1.165) is 44.6 Å². The van der Waals surface area contributed by atoms with Gasteiger partial charge in [-0.1, -0.05) is 140 Å². The van der Waals surface area contributed by atoms with Crippen LogP contribution in [0, 0.1) is 5.92 Å². The molecule has 0 heterocycles. The lowest BCUT2D eigenvalue weighted by atomic mass is 10.0. The minimum Gasteiger partial charge on any atom is -0.407 e. The third-order valence-electron chi connectivity index (χ3n) is 6.99. The van der Waals surface area contributed by atoms with E-state index in [1.54, 1.807) is 0 Å². The molecule has 34 heavy (non-hydrogen) atoms. The highest BCUT2D eigenvalue weighted by Gasteiger charge is 2.49. The highest BCUT2D eigenvalue weighted by molar-refractivity contribution is 6.99. The zero-order chi connectivity index (χ0) is 24.9. The van der Waals surface area contributed by atoms with Gasteiger partial charge >= 0.3 is 0 Å². The van der Waals surface area contributed by atoms with Crippen molar-refractivity contribution < 1.29 is 9.53 Å². The van der Waals surface area contributed by atoms with Crippen LogP contribution in [0.2, 0.25) is 5.04 Å². The van der Waals surface area contributed by atoms with Crippen molar-refractivity contribution in [2.24, 2.45) is 5.92 Å². The van der Waals surface area contributed by atoms with Gasteiger partial charge in [-0.2, -0.15) is 0 Å². The van der Waals surface area contributed by atoms with Gasteiger partial charge in [-0.05, 0) is 40.6 Å². The molecule has 2 rings (SSSR count). The Morgan fingerprint density at radius 1 is 0.676 bits per heavy atom. The molecule has 0 saturated carbocycles. The standard InChI is InChI=1S/C31H50O2Si/c1-27(2)19-18-21-28(32)20-12-8-6-7-9-17-26-33-34(31(3,4)5,29-22-13-10-14-23-29)30-24-15-11-16-25-30/h10-11,13-16,22-25,27-28,32H,6-9,12,17-21,26H2,1-5H3. The summed E-state index contributed by atoms with van der Waals surface area (Å²) >= 11 is 0. The van der Waals surface area contributed by atoms with Crippen LogP contribution in [0.15, 0.2) is 60.7 Å². The van der Waals surface area contributed by atoms with Gasteiger partial charge < -0.3 is 9.53 Å². The highest BCUT2D eigenvalue weighted by Crippen LogP contribution is 2.36. The lowest BCUT2D eigenvalue weighted by molar-refractivity contribution is 0.146. The summed E-state index contributed by atoms with van der Waals surface area (Å²) < 4.78 is 6.99. The summed E-state index contributed by atoms with van der Waals surface area (Å²) in [5, 5.41) is 12.9.